The van der Waals surface area contributed by atoms with Crippen molar-refractivity contribution in [3.63, 3.8) is 0 Å². The Balaban J connectivity index is 1.98. The highest BCUT2D eigenvalue weighted by atomic mass is 16.2. The Kier molecular flexibility index (Phi) is 4.42. The van der Waals surface area contributed by atoms with E-state index in [9.17, 15) is 9.59 Å². The van der Waals surface area contributed by atoms with Crippen LogP contribution in [0.4, 0.5) is 5.69 Å². The summed E-state index contributed by atoms with van der Waals surface area (Å²) in [6.45, 7) is 6.08. The highest BCUT2D eigenvalue weighted by molar-refractivity contribution is 5.99. The molecule has 0 bridgehead atoms. The average molecular weight is 274 g/mol. The first-order valence-corrected chi connectivity index (χ1v) is 7.15. The molecule has 0 aliphatic carbocycles. The maximum atomic E-state index is 12.3. The molecule has 0 radical (unpaired) electrons. The fraction of sp³-hybridized carbons (Fsp3) is 0.500. The van der Waals surface area contributed by atoms with Gasteiger partial charge in [0.05, 0.1) is 6.54 Å². The standard InChI is InChI=1S/C16H22N2O2/c1-11(2)8-15(19)17-10-16(20)18-12(3)9-13-6-4-5-7-14(13)18/h4-7,11-12H,8-10H2,1-3H3,(H,17,19). The van der Waals surface area contributed by atoms with E-state index >= 15 is 0 Å². The summed E-state index contributed by atoms with van der Waals surface area (Å²) in [5, 5.41) is 2.71. The van der Waals surface area contributed by atoms with Crippen LogP contribution in [0.1, 0.15) is 32.8 Å². The number of hydrogen-bond donors (Lipinski definition) is 1. The van der Waals surface area contributed by atoms with Crippen molar-refractivity contribution in [3.8, 4) is 0 Å². The van der Waals surface area contributed by atoms with Crippen LogP contribution < -0.4 is 10.2 Å². The third-order valence-electron chi connectivity index (χ3n) is 3.51. The van der Waals surface area contributed by atoms with Crippen LogP contribution in [0.25, 0.3) is 0 Å². The maximum Gasteiger partial charge on any atom is 0.246 e. The van der Waals surface area contributed by atoms with Gasteiger partial charge in [-0.25, -0.2) is 0 Å². The molecule has 108 valence electrons. The lowest BCUT2D eigenvalue weighted by molar-refractivity contribution is -0.125. The minimum Gasteiger partial charge on any atom is -0.347 e. The van der Waals surface area contributed by atoms with Gasteiger partial charge in [0.25, 0.3) is 0 Å². The van der Waals surface area contributed by atoms with Gasteiger partial charge < -0.3 is 10.2 Å². The largest absolute Gasteiger partial charge is 0.347 e. The Labute approximate surface area is 120 Å². The number of carbonyl (C=O) groups excluding carboxylic acids is 2. The van der Waals surface area contributed by atoms with Crippen LogP contribution in [0.15, 0.2) is 24.3 Å². The summed E-state index contributed by atoms with van der Waals surface area (Å²) in [6.07, 6.45) is 1.33. The molecule has 4 heteroatoms. The number of fused-ring (bicyclic) bond motifs is 1. The fourth-order valence-electron chi connectivity index (χ4n) is 2.65. The van der Waals surface area contributed by atoms with Crippen molar-refractivity contribution >= 4 is 17.5 Å². The minimum atomic E-state index is -0.0616. The van der Waals surface area contributed by atoms with Crippen LogP contribution in [-0.2, 0) is 16.0 Å². The van der Waals surface area contributed by atoms with Gasteiger partial charge in [-0.3, -0.25) is 9.59 Å². The van der Waals surface area contributed by atoms with Crippen molar-refractivity contribution in [3.05, 3.63) is 29.8 Å². The molecule has 0 spiro atoms. The summed E-state index contributed by atoms with van der Waals surface area (Å²) in [4.78, 5) is 25.7. The molecule has 1 heterocycles. The van der Waals surface area contributed by atoms with E-state index in [1.807, 2.05) is 39.0 Å². The molecule has 1 unspecified atom stereocenters. The number of anilines is 1. The van der Waals surface area contributed by atoms with Crippen LogP contribution >= 0.6 is 0 Å². The molecular formula is C16H22N2O2. The Bertz CT molecular complexity index is 511. The van der Waals surface area contributed by atoms with Crippen molar-refractivity contribution in [1.82, 2.24) is 5.32 Å². The summed E-state index contributed by atoms with van der Waals surface area (Å²) in [7, 11) is 0. The second kappa shape index (κ2) is 6.07. The maximum absolute atomic E-state index is 12.3. The third kappa shape index (κ3) is 3.18. The number of nitrogens with one attached hydrogen (secondary N) is 1. The number of rotatable bonds is 4. The van der Waals surface area contributed by atoms with Crippen LogP contribution in [0, 0.1) is 5.92 Å². The van der Waals surface area contributed by atoms with Gasteiger partial charge in [-0.05, 0) is 30.9 Å². The Morgan fingerprint density at radius 3 is 2.75 bits per heavy atom. The highest BCUT2D eigenvalue weighted by Gasteiger charge is 2.30. The average Bonchev–Trinajstić information content (AvgIpc) is 2.71. The molecule has 0 saturated heterocycles. The van der Waals surface area contributed by atoms with Crippen molar-refractivity contribution in [2.24, 2.45) is 5.92 Å². The van der Waals surface area contributed by atoms with Crippen molar-refractivity contribution in [2.45, 2.75) is 39.7 Å². The summed E-state index contributed by atoms with van der Waals surface area (Å²) in [6, 6.07) is 8.10. The van der Waals surface area contributed by atoms with Crippen molar-refractivity contribution in [1.29, 1.82) is 0 Å². The molecule has 2 rings (SSSR count). The molecule has 0 fully saturated rings. The van der Waals surface area contributed by atoms with Crippen LogP contribution in [0.5, 0.6) is 0 Å². The number of hydrogen-bond acceptors (Lipinski definition) is 2. The third-order valence-corrected chi connectivity index (χ3v) is 3.51. The lowest BCUT2D eigenvalue weighted by Gasteiger charge is -2.23. The zero-order chi connectivity index (χ0) is 14.7. The summed E-state index contributed by atoms with van der Waals surface area (Å²) < 4.78 is 0. The van der Waals surface area contributed by atoms with Gasteiger partial charge in [0, 0.05) is 18.2 Å². The molecular weight excluding hydrogens is 252 g/mol. The van der Waals surface area contributed by atoms with Gasteiger partial charge in [-0.2, -0.15) is 0 Å². The SMILES string of the molecule is CC(C)CC(=O)NCC(=O)N1c2ccccc2CC1C. The monoisotopic (exact) mass is 274 g/mol. The summed E-state index contributed by atoms with van der Waals surface area (Å²) >= 11 is 0. The van der Waals surface area contributed by atoms with Gasteiger partial charge in [0.1, 0.15) is 0 Å². The van der Waals surface area contributed by atoms with E-state index in [1.54, 1.807) is 4.90 Å². The Morgan fingerprint density at radius 2 is 2.05 bits per heavy atom. The Morgan fingerprint density at radius 1 is 1.35 bits per heavy atom. The van der Waals surface area contributed by atoms with Gasteiger partial charge in [0.2, 0.25) is 11.8 Å². The normalized spacial score (nSPS) is 17.2. The lowest BCUT2D eigenvalue weighted by atomic mass is 10.1. The highest BCUT2D eigenvalue weighted by Crippen LogP contribution is 2.31. The number of amides is 2. The molecule has 2 amide bonds. The van der Waals surface area contributed by atoms with Crippen molar-refractivity contribution in [2.75, 3.05) is 11.4 Å². The van der Waals surface area contributed by atoms with Gasteiger partial charge in [-0.15, -0.1) is 0 Å². The number of nitrogens with zero attached hydrogens (tertiary/aromatic N) is 1. The predicted molar refractivity (Wildman–Crippen MR) is 79.6 cm³/mol. The van der Waals surface area contributed by atoms with E-state index < -0.39 is 0 Å². The smallest absolute Gasteiger partial charge is 0.246 e. The zero-order valence-corrected chi connectivity index (χ0v) is 12.3. The molecule has 20 heavy (non-hydrogen) atoms. The predicted octanol–water partition coefficient (Wildman–Crippen LogP) is 2.13. The second-order valence-corrected chi connectivity index (χ2v) is 5.82. The molecule has 1 aromatic carbocycles. The molecule has 1 aliphatic rings. The number of para-hydroxylation sites is 1. The van der Waals surface area contributed by atoms with E-state index in [2.05, 4.69) is 11.4 Å². The molecule has 1 aromatic rings. The van der Waals surface area contributed by atoms with E-state index in [0.717, 1.165) is 12.1 Å². The topological polar surface area (TPSA) is 49.4 Å². The molecule has 0 aromatic heterocycles. The fourth-order valence-corrected chi connectivity index (χ4v) is 2.65. The van der Waals surface area contributed by atoms with Crippen LogP contribution in [-0.4, -0.2) is 24.4 Å². The molecule has 0 saturated carbocycles. The van der Waals surface area contributed by atoms with Gasteiger partial charge >= 0.3 is 0 Å². The molecule has 1 N–H and O–H groups in total. The number of carbonyl (C=O) groups is 2. The first-order valence-electron chi connectivity index (χ1n) is 7.15. The van der Waals surface area contributed by atoms with E-state index in [-0.39, 0.29) is 24.4 Å². The van der Waals surface area contributed by atoms with E-state index in [1.165, 1.54) is 5.56 Å². The van der Waals surface area contributed by atoms with Crippen molar-refractivity contribution < 1.29 is 9.59 Å². The first-order chi connectivity index (χ1) is 9.49. The molecule has 4 nitrogen and oxygen atoms in total. The molecule has 1 aliphatic heterocycles. The second-order valence-electron chi connectivity index (χ2n) is 5.82. The van der Waals surface area contributed by atoms with Gasteiger partial charge in [0.15, 0.2) is 0 Å². The first kappa shape index (κ1) is 14.6. The summed E-state index contributed by atoms with van der Waals surface area (Å²) in [5.74, 6) is 0.199. The van der Waals surface area contributed by atoms with E-state index in [4.69, 9.17) is 0 Å². The zero-order valence-electron chi connectivity index (χ0n) is 12.3. The van der Waals surface area contributed by atoms with E-state index in [0.29, 0.717) is 12.3 Å². The minimum absolute atomic E-state index is 0.0421. The van der Waals surface area contributed by atoms with Gasteiger partial charge in [-0.1, -0.05) is 32.0 Å². The molecule has 1 atom stereocenters. The number of benzene rings is 1. The van der Waals surface area contributed by atoms with Crippen LogP contribution in [0.2, 0.25) is 0 Å². The van der Waals surface area contributed by atoms with Crippen LogP contribution in [0.3, 0.4) is 0 Å². The quantitative estimate of drug-likeness (QED) is 0.914. The summed E-state index contributed by atoms with van der Waals surface area (Å²) in [5.41, 5.74) is 2.17. The Hall–Kier alpha value is -1.84. The lowest BCUT2D eigenvalue weighted by Crippen LogP contribution is -2.43.